The molecule has 3 N–H and O–H groups in total. The number of carbonyl (C=O) groups excluding carboxylic acids is 1. The quantitative estimate of drug-likeness (QED) is 0.828. The molecule has 0 aliphatic heterocycles. The normalized spacial score (nSPS) is 10.9. The van der Waals surface area contributed by atoms with Gasteiger partial charge in [-0.3, -0.25) is 4.79 Å². The zero-order chi connectivity index (χ0) is 15.4. The van der Waals surface area contributed by atoms with Crippen LogP contribution in [-0.4, -0.2) is 46.9 Å². The highest BCUT2D eigenvalue weighted by molar-refractivity contribution is 5.96. The maximum Gasteiger partial charge on any atom is 0.271 e. The molecule has 0 aliphatic carbocycles. The topological polar surface area (TPSA) is 97.1 Å². The van der Waals surface area contributed by atoms with Crippen molar-refractivity contribution in [2.24, 2.45) is 5.73 Å². The monoisotopic (exact) mass is 289 g/mol. The van der Waals surface area contributed by atoms with Crippen LogP contribution in [0.15, 0.2) is 18.2 Å². The van der Waals surface area contributed by atoms with Crippen molar-refractivity contribution in [3.8, 4) is 17.0 Å². The second-order valence-electron chi connectivity index (χ2n) is 4.88. The lowest BCUT2D eigenvalue weighted by Crippen LogP contribution is -2.13. The number of rotatable bonds is 6. The summed E-state index contributed by atoms with van der Waals surface area (Å²) in [6.45, 7) is 3.25. The molecule has 0 unspecified atom stereocenters. The molecule has 0 aliphatic rings. The van der Waals surface area contributed by atoms with E-state index in [1.54, 1.807) is 0 Å². The van der Waals surface area contributed by atoms with Gasteiger partial charge in [-0.15, -0.1) is 0 Å². The van der Waals surface area contributed by atoms with Crippen LogP contribution in [0.4, 0.5) is 0 Å². The van der Waals surface area contributed by atoms with Crippen LogP contribution in [0.2, 0.25) is 0 Å². The van der Waals surface area contributed by atoms with Gasteiger partial charge in [-0.25, -0.2) is 0 Å². The van der Waals surface area contributed by atoms with Gasteiger partial charge in [-0.1, -0.05) is 0 Å². The molecule has 2 rings (SSSR count). The molecule has 0 fully saturated rings. The summed E-state index contributed by atoms with van der Waals surface area (Å²) in [5.74, 6) is 0.209. The van der Waals surface area contributed by atoms with Gasteiger partial charge in [-0.2, -0.15) is 15.4 Å². The lowest BCUT2D eigenvalue weighted by atomic mass is 10.0. The molecule has 0 radical (unpaired) electrons. The fourth-order valence-corrected chi connectivity index (χ4v) is 2.09. The molecule has 0 saturated carbocycles. The second-order valence-corrected chi connectivity index (χ2v) is 4.88. The fourth-order valence-electron chi connectivity index (χ4n) is 2.09. The van der Waals surface area contributed by atoms with E-state index in [-0.39, 0.29) is 5.69 Å². The van der Waals surface area contributed by atoms with E-state index in [0.29, 0.717) is 18.8 Å². The molecule has 0 spiro atoms. The number of carbonyl (C=O) groups is 1. The molecule has 1 heterocycles. The number of hydrogen-bond acceptors (Lipinski definition) is 5. The van der Waals surface area contributed by atoms with E-state index >= 15 is 0 Å². The van der Waals surface area contributed by atoms with Crippen LogP contribution in [0.25, 0.3) is 11.3 Å². The van der Waals surface area contributed by atoms with Crippen LogP contribution in [0, 0.1) is 0 Å². The van der Waals surface area contributed by atoms with Crippen molar-refractivity contribution in [3.05, 3.63) is 29.5 Å². The molecular formula is C14H19N5O2. The second kappa shape index (κ2) is 6.36. The fraction of sp³-hybridized carbons (Fsp3) is 0.357. The number of hydrogen-bond donors (Lipinski definition) is 2. The summed E-state index contributed by atoms with van der Waals surface area (Å²) in [6.07, 6.45) is 0. The number of H-pyrrole nitrogens is 1. The molecular weight excluding hydrogens is 270 g/mol. The van der Waals surface area contributed by atoms with Crippen molar-refractivity contribution in [2.45, 2.75) is 13.5 Å². The zero-order valence-corrected chi connectivity index (χ0v) is 12.4. The molecule has 21 heavy (non-hydrogen) atoms. The molecule has 7 heteroatoms. The Labute approximate surface area is 123 Å². The average molecular weight is 289 g/mol. The van der Waals surface area contributed by atoms with Crippen LogP contribution >= 0.6 is 0 Å². The number of ether oxygens (including phenoxy) is 1. The van der Waals surface area contributed by atoms with Gasteiger partial charge in [0.05, 0.1) is 6.61 Å². The summed E-state index contributed by atoms with van der Waals surface area (Å²) < 4.78 is 5.63. The van der Waals surface area contributed by atoms with Gasteiger partial charge in [-0.05, 0) is 39.2 Å². The zero-order valence-electron chi connectivity index (χ0n) is 12.4. The number of nitrogens with zero attached hydrogens (tertiary/aromatic N) is 3. The Morgan fingerprint density at radius 2 is 2.14 bits per heavy atom. The minimum atomic E-state index is -0.609. The Hall–Kier alpha value is -2.41. The lowest BCUT2D eigenvalue weighted by Gasteiger charge is -2.15. The average Bonchev–Trinajstić information content (AvgIpc) is 2.89. The number of primary amides is 1. The van der Waals surface area contributed by atoms with Crippen molar-refractivity contribution in [3.63, 3.8) is 0 Å². The number of aromatic amines is 1. The van der Waals surface area contributed by atoms with Crippen LogP contribution in [0.5, 0.6) is 5.75 Å². The third-order valence-corrected chi connectivity index (χ3v) is 2.90. The Bertz CT molecular complexity index is 636. The molecule has 2 aromatic rings. The predicted molar refractivity (Wildman–Crippen MR) is 78.9 cm³/mol. The summed E-state index contributed by atoms with van der Waals surface area (Å²) in [5.41, 5.74) is 7.67. The molecule has 1 aromatic carbocycles. The molecule has 0 atom stereocenters. The maximum atomic E-state index is 11.4. The Kier molecular flexibility index (Phi) is 4.54. The number of nitrogens with two attached hydrogens (primary N) is 1. The van der Waals surface area contributed by atoms with E-state index in [0.717, 1.165) is 16.9 Å². The number of nitrogens with one attached hydrogen (secondary N) is 1. The molecule has 1 aromatic heterocycles. The smallest absolute Gasteiger partial charge is 0.271 e. The number of amides is 1. The first-order valence-corrected chi connectivity index (χ1v) is 6.64. The van der Waals surface area contributed by atoms with E-state index in [2.05, 4.69) is 15.4 Å². The molecule has 1 amide bonds. The third-order valence-electron chi connectivity index (χ3n) is 2.90. The molecule has 0 bridgehead atoms. The number of aromatic nitrogens is 3. The van der Waals surface area contributed by atoms with E-state index in [9.17, 15) is 4.79 Å². The minimum Gasteiger partial charge on any atom is -0.494 e. The van der Waals surface area contributed by atoms with Crippen molar-refractivity contribution >= 4 is 5.91 Å². The largest absolute Gasteiger partial charge is 0.494 e. The summed E-state index contributed by atoms with van der Waals surface area (Å²) in [6, 6.07) is 5.65. The highest BCUT2D eigenvalue weighted by Crippen LogP contribution is 2.27. The van der Waals surface area contributed by atoms with Crippen molar-refractivity contribution in [1.82, 2.24) is 20.3 Å². The highest BCUT2D eigenvalue weighted by atomic mass is 16.5. The van der Waals surface area contributed by atoms with Gasteiger partial charge in [0.15, 0.2) is 5.69 Å². The van der Waals surface area contributed by atoms with Gasteiger partial charge >= 0.3 is 0 Å². The summed E-state index contributed by atoms with van der Waals surface area (Å²) in [4.78, 5) is 13.4. The number of benzene rings is 1. The first-order valence-electron chi connectivity index (χ1n) is 6.64. The summed E-state index contributed by atoms with van der Waals surface area (Å²) in [5, 5.41) is 10.2. The van der Waals surface area contributed by atoms with Crippen molar-refractivity contribution in [1.29, 1.82) is 0 Å². The Morgan fingerprint density at radius 1 is 1.38 bits per heavy atom. The highest BCUT2D eigenvalue weighted by Gasteiger charge is 2.17. The first kappa shape index (κ1) is 15.0. The van der Waals surface area contributed by atoms with E-state index in [1.807, 2.05) is 44.1 Å². The summed E-state index contributed by atoms with van der Waals surface area (Å²) in [7, 11) is 3.96. The van der Waals surface area contributed by atoms with Crippen LogP contribution in [0.3, 0.4) is 0 Å². The van der Waals surface area contributed by atoms with Crippen molar-refractivity contribution in [2.75, 3.05) is 20.7 Å². The minimum absolute atomic E-state index is 0.134. The van der Waals surface area contributed by atoms with Crippen molar-refractivity contribution < 1.29 is 9.53 Å². The van der Waals surface area contributed by atoms with Gasteiger partial charge in [0, 0.05) is 17.7 Å². The van der Waals surface area contributed by atoms with Crippen LogP contribution in [-0.2, 0) is 6.54 Å². The first-order chi connectivity index (χ1) is 10.0. The Morgan fingerprint density at radius 3 is 2.76 bits per heavy atom. The third kappa shape index (κ3) is 3.38. The van der Waals surface area contributed by atoms with Gasteiger partial charge in [0.1, 0.15) is 11.4 Å². The Balaban J connectivity index is 2.45. The van der Waals surface area contributed by atoms with Crippen LogP contribution in [0.1, 0.15) is 23.0 Å². The lowest BCUT2D eigenvalue weighted by molar-refractivity contribution is 0.0996. The summed E-state index contributed by atoms with van der Waals surface area (Å²) >= 11 is 0. The SMILES string of the molecule is CCOc1ccc(-c2n[nH]nc2C(N)=O)cc1CN(C)C. The molecule has 7 nitrogen and oxygen atoms in total. The van der Waals surface area contributed by atoms with Gasteiger partial charge in [0.2, 0.25) is 0 Å². The maximum absolute atomic E-state index is 11.4. The molecule has 112 valence electrons. The van der Waals surface area contributed by atoms with Gasteiger partial charge < -0.3 is 15.4 Å². The predicted octanol–water partition coefficient (Wildman–Crippen LogP) is 1.03. The molecule has 0 saturated heterocycles. The standard InChI is InChI=1S/C14H19N5O2/c1-4-21-11-6-5-9(7-10(11)8-19(2)3)12-13(14(15)20)17-18-16-12/h5-7H,4,8H2,1-3H3,(H2,15,20)(H,16,17,18). The van der Waals surface area contributed by atoms with E-state index in [1.165, 1.54) is 0 Å². The van der Waals surface area contributed by atoms with Crippen LogP contribution < -0.4 is 10.5 Å². The van der Waals surface area contributed by atoms with E-state index < -0.39 is 5.91 Å². The van der Waals surface area contributed by atoms with E-state index in [4.69, 9.17) is 10.5 Å². The van der Waals surface area contributed by atoms with Gasteiger partial charge in [0.25, 0.3) is 5.91 Å².